The van der Waals surface area contributed by atoms with E-state index in [-0.39, 0.29) is 0 Å². The van der Waals surface area contributed by atoms with Gasteiger partial charge >= 0.3 is 0 Å². The minimum atomic E-state index is 0.447. The van der Waals surface area contributed by atoms with Gasteiger partial charge in [-0.05, 0) is 35.7 Å². The Morgan fingerprint density at radius 2 is 2.06 bits per heavy atom. The molecule has 2 rings (SSSR count). The molecule has 0 aliphatic carbocycles. The highest BCUT2D eigenvalue weighted by Crippen LogP contribution is 2.23. The lowest BCUT2D eigenvalue weighted by Crippen LogP contribution is -2.36. The molecular weight excluding hydrogens is 282 g/mol. The second-order valence-corrected chi connectivity index (χ2v) is 5.47. The fraction of sp³-hybridized carbons (Fsp3) is 0.750. The predicted molar refractivity (Wildman–Crippen MR) is 71.0 cm³/mol. The van der Waals surface area contributed by atoms with E-state index in [1.54, 1.807) is 7.11 Å². The first-order valence-corrected chi connectivity index (χ1v) is 6.84. The van der Waals surface area contributed by atoms with Crippen LogP contribution < -0.4 is 0 Å². The Morgan fingerprint density at radius 3 is 2.53 bits per heavy atom. The molecule has 4 nitrogen and oxygen atoms in total. The van der Waals surface area contributed by atoms with Crippen molar-refractivity contribution in [1.82, 2.24) is 14.7 Å². The molecule has 0 spiro atoms. The monoisotopic (exact) mass is 301 g/mol. The Labute approximate surface area is 111 Å². The number of nitrogens with zero attached hydrogens (tertiary/aromatic N) is 3. The van der Waals surface area contributed by atoms with Crippen molar-refractivity contribution in [3.05, 3.63) is 15.9 Å². The zero-order chi connectivity index (χ0) is 12.4. The van der Waals surface area contributed by atoms with Gasteiger partial charge in [0.25, 0.3) is 0 Å². The lowest BCUT2D eigenvalue weighted by Gasteiger charge is -2.31. The summed E-state index contributed by atoms with van der Waals surface area (Å²) in [5.74, 6) is 0. The van der Waals surface area contributed by atoms with Crippen LogP contribution in [0.1, 0.15) is 24.2 Å². The fourth-order valence-electron chi connectivity index (χ4n) is 2.37. The van der Waals surface area contributed by atoms with Crippen molar-refractivity contribution in [1.29, 1.82) is 0 Å². The standard InChI is InChI=1S/C12H20BrN3O/c1-9-12(13)11(15(2)14-9)8-16-6-4-10(17-3)5-7-16/h10H,4-8H2,1-3H3. The van der Waals surface area contributed by atoms with Crippen molar-refractivity contribution in [3.63, 3.8) is 0 Å². The maximum atomic E-state index is 5.39. The number of methoxy groups -OCH3 is 1. The number of aryl methyl sites for hydroxylation is 2. The molecule has 1 aromatic rings. The summed E-state index contributed by atoms with van der Waals surface area (Å²) in [6, 6.07) is 0. The van der Waals surface area contributed by atoms with E-state index in [2.05, 4.69) is 25.9 Å². The van der Waals surface area contributed by atoms with E-state index in [4.69, 9.17) is 4.74 Å². The summed E-state index contributed by atoms with van der Waals surface area (Å²) in [6.07, 6.45) is 2.71. The Morgan fingerprint density at radius 1 is 1.41 bits per heavy atom. The molecule has 0 N–H and O–H groups in total. The summed E-state index contributed by atoms with van der Waals surface area (Å²) < 4.78 is 8.51. The molecule has 0 unspecified atom stereocenters. The van der Waals surface area contributed by atoms with Gasteiger partial charge in [0, 0.05) is 33.8 Å². The first-order chi connectivity index (χ1) is 8.11. The molecule has 0 bridgehead atoms. The average Bonchev–Trinajstić information content (AvgIpc) is 2.57. The van der Waals surface area contributed by atoms with Crippen molar-refractivity contribution in [3.8, 4) is 0 Å². The van der Waals surface area contributed by atoms with Gasteiger partial charge in [-0.15, -0.1) is 0 Å². The van der Waals surface area contributed by atoms with Crippen molar-refractivity contribution in [2.75, 3.05) is 20.2 Å². The van der Waals surface area contributed by atoms with E-state index in [1.165, 1.54) is 5.69 Å². The largest absolute Gasteiger partial charge is 0.381 e. The van der Waals surface area contributed by atoms with Crippen LogP contribution in [0.4, 0.5) is 0 Å². The first kappa shape index (κ1) is 13.1. The van der Waals surface area contributed by atoms with E-state index in [9.17, 15) is 0 Å². The maximum absolute atomic E-state index is 5.39. The van der Waals surface area contributed by atoms with Gasteiger partial charge in [0.05, 0.1) is 22.0 Å². The molecule has 2 heterocycles. The van der Waals surface area contributed by atoms with Crippen molar-refractivity contribution < 1.29 is 4.74 Å². The Hall–Kier alpha value is -0.390. The highest BCUT2D eigenvalue weighted by atomic mass is 79.9. The molecule has 0 radical (unpaired) electrons. The van der Waals surface area contributed by atoms with E-state index in [1.807, 2.05) is 18.7 Å². The molecule has 1 fully saturated rings. The van der Waals surface area contributed by atoms with Crippen LogP contribution in [0.3, 0.4) is 0 Å². The van der Waals surface area contributed by atoms with Crippen molar-refractivity contribution >= 4 is 15.9 Å². The molecule has 1 aliphatic heterocycles. The van der Waals surface area contributed by atoms with E-state index in [0.717, 1.165) is 42.6 Å². The average molecular weight is 302 g/mol. The molecule has 0 atom stereocenters. The van der Waals surface area contributed by atoms with E-state index < -0.39 is 0 Å². The minimum Gasteiger partial charge on any atom is -0.381 e. The van der Waals surface area contributed by atoms with Gasteiger partial charge in [-0.3, -0.25) is 9.58 Å². The van der Waals surface area contributed by atoms with Crippen LogP contribution in [-0.2, 0) is 18.3 Å². The molecule has 1 aliphatic rings. The molecule has 96 valence electrons. The fourth-order valence-corrected chi connectivity index (χ4v) is 2.83. The second kappa shape index (κ2) is 5.50. The number of ether oxygens (including phenoxy) is 1. The van der Waals surface area contributed by atoms with Gasteiger partial charge in [-0.25, -0.2) is 0 Å². The highest BCUT2D eigenvalue weighted by molar-refractivity contribution is 9.10. The summed E-state index contributed by atoms with van der Waals surface area (Å²) in [5.41, 5.74) is 2.33. The van der Waals surface area contributed by atoms with Crippen LogP contribution in [0.15, 0.2) is 4.47 Å². The van der Waals surface area contributed by atoms with Crippen LogP contribution in [-0.4, -0.2) is 41.0 Å². The third-order valence-electron chi connectivity index (χ3n) is 3.50. The van der Waals surface area contributed by atoms with Crippen LogP contribution in [0.5, 0.6) is 0 Å². The second-order valence-electron chi connectivity index (χ2n) is 4.68. The van der Waals surface area contributed by atoms with E-state index >= 15 is 0 Å². The number of hydrogen-bond acceptors (Lipinski definition) is 3. The Kier molecular flexibility index (Phi) is 4.22. The quantitative estimate of drug-likeness (QED) is 0.856. The lowest BCUT2D eigenvalue weighted by atomic mass is 10.1. The number of halogens is 1. The zero-order valence-electron chi connectivity index (χ0n) is 10.7. The minimum absolute atomic E-state index is 0.447. The molecule has 0 saturated carbocycles. The third kappa shape index (κ3) is 2.89. The molecular formula is C12H20BrN3O. The predicted octanol–water partition coefficient (Wildman–Crippen LogP) is 2.10. The van der Waals surface area contributed by atoms with Gasteiger partial charge in [-0.2, -0.15) is 5.10 Å². The van der Waals surface area contributed by atoms with Crippen molar-refractivity contribution in [2.24, 2.45) is 7.05 Å². The summed E-state index contributed by atoms with van der Waals surface area (Å²) in [6.45, 7) is 5.21. The Balaban J connectivity index is 1.98. The third-order valence-corrected chi connectivity index (χ3v) is 4.53. The normalized spacial score (nSPS) is 18.8. The van der Waals surface area contributed by atoms with Crippen LogP contribution in [0.25, 0.3) is 0 Å². The van der Waals surface area contributed by atoms with Gasteiger partial charge in [-0.1, -0.05) is 0 Å². The molecule has 5 heteroatoms. The summed E-state index contributed by atoms with van der Waals surface area (Å²) in [4.78, 5) is 2.47. The molecule has 1 saturated heterocycles. The first-order valence-electron chi connectivity index (χ1n) is 6.05. The van der Waals surface area contributed by atoms with Crippen LogP contribution in [0, 0.1) is 6.92 Å². The van der Waals surface area contributed by atoms with Gasteiger partial charge < -0.3 is 4.74 Å². The topological polar surface area (TPSA) is 30.3 Å². The highest BCUT2D eigenvalue weighted by Gasteiger charge is 2.21. The summed E-state index contributed by atoms with van der Waals surface area (Å²) in [5, 5.41) is 4.43. The van der Waals surface area contributed by atoms with Gasteiger partial charge in [0.1, 0.15) is 0 Å². The molecule has 1 aromatic heterocycles. The zero-order valence-corrected chi connectivity index (χ0v) is 12.3. The number of rotatable bonds is 3. The lowest BCUT2D eigenvalue weighted by molar-refractivity contribution is 0.0381. The maximum Gasteiger partial charge on any atom is 0.0739 e. The van der Waals surface area contributed by atoms with Crippen LogP contribution >= 0.6 is 15.9 Å². The van der Waals surface area contributed by atoms with E-state index in [0.29, 0.717) is 6.10 Å². The molecule has 0 aromatic carbocycles. The number of hydrogen-bond donors (Lipinski definition) is 0. The number of piperidine rings is 1. The van der Waals surface area contributed by atoms with Gasteiger partial charge in [0.15, 0.2) is 0 Å². The smallest absolute Gasteiger partial charge is 0.0739 e. The number of likely N-dealkylation sites (tertiary alicyclic amines) is 1. The SMILES string of the molecule is COC1CCN(Cc2c(Br)c(C)nn2C)CC1. The molecule has 17 heavy (non-hydrogen) atoms. The molecule has 0 amide bonds. The van der Waals surface area contributed by atoms with Crippen molar-refractivity contribution in [2.45, 2.75) is 32.4 Å². The van der Waals surface area contributed by atoms with Crippen LogP contribution in [0.2, 0.25) is 0 Å². The van der Waals surface area contributed by atoms with Gasteiger partial charge in [0.2, 0.25) is 0 Å². The summed E-state index contributed by atoms with van der Waals surface area (Å²) in [7, 11) is 3.82. The number of aromatic nitrogens is 2. The Bertz CT molecular complexity index is 383. The summed E-state index contributed by atoms with van der Waals surface area (Å²) >= 11 is 3.62.